The highest BCUT2D eigenvalue weighted by molar-refractivity contribution is 5.87. The molecule has 0 heterocycles. The zero-order valence-electron chi connectivity index (χ0n) is 12.1. The third kappa shape index (κ3) is 3.23. The first-order valence-corrected chi connectivity index (χ1v) is 6.79. The molecule has 0 bridgehead atoms. The van der Waals surface area contributed by atoms with Crippen LogP contribution in [0.1, 0.15) is 30.4 Å². The molecule has 0 aliphatic heterocycles. The topological polar surface area (TPSA) is 57.6 Å². The molecule has 0 saturated heterocycles. The van der Waals surface area contributed by atoms with E-state index in [1.54, 1.807) is 6.07 Å². The molecule has 1 saturated carbocycles. The van der Waals surface area contributed by atoms with Crippen LogP contribution in [-0.2, 0) is 15.8 Å². The maximum atomic E-state index is 12.7. The summed E-state index contributed by atoms with van der Waals surface area (Å²) in [6.07, 6.45) is -3.98. The van der Waals surface area contributed by atoms with Crippen molar-refractivity contribution in [3.63, 3.8) is 0 Å². The number of alkyl halides is 3. The molecule has 4 nitrogen and oxygen atoms in total. The van der Waals surface area contributed by atoms with Crippen molar-refractivity contribution < 1.29 is 27.9 Å². The van der Waals surface area contributed by atoms with Gasteiger partial charge in [-0.3, -0.25) is 4.79 Å². The zero-order valence-corrected chi connectivity index (χ0v) is 12.1. The average Bonchev–Trinajstić information content (AvgIpc) is 3.24. The second kappa shape index (κ2) is 5.62. The van der Waals surface area contributed by atoms with E-state index in [1.807, 2.05) is 0 Å². The molecule has 22 heavy (non-hydrogen) atoms. The third-order valence-electron chi connectivity index (χ3n) is 4.04. The number of halogens is 3. The van der Waals surface area contributed by atoms with Crippen LogP contribution < -0.4 is 0 Å². The minimum absolute atomic E-state index is 0.279. The summed E-state index contributed by atoms with van der Waals surface area (Å²) in [4.78, 5) is 24.2. The van der Waals surface area contributed by atoms with Crippen molar-refractivity contribution in [1.82, 2.24) is 4.90 Å². The van der Waals surface area contributed by atoms with E-state index in [0.29, 0.717) is 12.0 Å². The van der Waals surface area contributed by atoms with E-state index in [2.05, 4.69) is 0 Å². The van der Waals surface area contributed by atoms with E-state index in [-0.39, 0.29) is 11.8 Å². The smallest absolute Gasteiger partial charge is 0.416 e. The fourth-order valence-corrected chi connectivity index (χ4v) is 2.40. The van der Waals surface area contributed by atoms with Crippen LogP contribution in [0.3, 0.4) is 0 Å². The Morgan fingerprint density at radius 3 is 2.55 bits per heavy atom. The van der Waals surface area contributed by atoms with Crippen molar-refractivity contribution in [2.45, 2.75) is 31.5 Å². The minimum atomic E-state index is -4.42. The maximum absolute atomic E-state index is 12.7. The second-order valence-electron chi connectivity index (χ2n) is 5.54. The molecular formula is C15H16F3NO3. The van der Waals surface area contributed by atoms with Crippen molar-refractivity contribution in [1.29, 1.82) is 0 Å². The van der Waals surface area contributed by atoms with E-state index in [9.17, 15) is 22.8 Å². The molecule has 3 atom stereocenters. The summed E-state index contributed by atoms with van der Waals surface area (Å²) in [5.41, 5.74) is -0.278. The number of hydrogen-bond donors (Lipinski definition) is 1. The van der Waals surface area contributed by atoms with Gasteiger partial charge in [-0.15, -0.1) is 0 Å². The number of carbonyl (C=O) groups excluding carboxylic acids is 1. The molecule has 2 rings (SSSR count). The van der Waals surface area contributed by atoms with Gasteiger partial charge in [-0.1, -0.05) is 18.2 Å². The van der Waals surface area contributed by atoms with Crippen molar-refractivity contribution in [3.8, 4) is 0 Å². The predicted molar refractivity (Wildman–Crippen MR) is 72.2 cm³/mol. The van der Waals surface area contributed by atoms with Gasteiger partial charge in [0, 0.05) is 13.0 Å². The van der Waals surface area contributed by atoms with Gasteiger partial charge in [-0.2, -0.15) is 13.2 Å². The Morgan fingerprint density at radius 2 is 2.00 bits per heavy atom. The highest BCUT2D eigenvalue weighted by Crippen LogP contribution is 2.49. The molecule has 1 fully saturated rings. The normalized spacial score (nSPS) is 22.0. The first-order valence-electron chi connectivity index (χ1n) is 6.79. The molecule has 1 N–H and O–H groups in total. The molecule has 1 amide bonds. The van der Waals surface area contributed by atoms with Crippen LogP contribution in [0.15, 0.2) is 24.3 Å². The predicted octanol–water partition coefficient (Wildman–Crippen LogP) is 2.74. The van der Waals surface area contributed by atoms with Gasteiger partial charge in [0.15, 0.2) is 0 Å². The number of amides is 1. The average molecular weight is 315 g/mol. The van der Waals surface area contributed by atoms with E-state index >= 15 is 0 Å². The van der Waals surface area contributed by atoms with E-state index < -0.39 is 29.7 Å². The van der Waals surface area contributed by atoms with Gasteiger partial charge >= 0.3 is 12.1 Å². The van der Waals surface area contributed by atoms with Gasteiger partial charge in [0.25, 0.3) is 0 Å². The van der Waals surface area contributed by atoms with Crippen LogP contribution in [0.2, 0.25) is 0 Å². The first kappa shape index (κ1) is 16.3. The Morgan fingerprint density at radius 1 is 1.36 bits per heavy atom. The number of carbonyl (C=O) groups is 2. The van der Waals surface area contributed by atoms with E-state index in [1.165, 1.54) is 20.0 Å². The summed E-state index contributed by atoms with van der Waals surface area (Å²) in [6.45, 7) is 1.39. The third-order valence-corrected chi connectivity index (χ3v) is 4.04. The number of rotatable bonds is 4. The summed E-state index contributed by atoms with van der Waals surface area (Å²) in [7, 11) is 1.39. The lowest BCUT2D eigenvalue weighted by atomic mass is 10.0. The fourth-order valence-electron chi connectivity index (χ4n) is 2.40. The molecule has 1 aliphatic carbocycles. The van der Waals surface area contributed by atoms with Gasteiger partial charge in [0.05, 0.1) is 5.56 Å². The fraction of sp³-hybridized carbons (Fsp3) is 0.467. The lowest BCUT2D eigenvalue weighted by molar-refractivity contribution is -0.148. The van der Waals surface area contributed by atoms with Crippen molar-refractivity contribution in [2.24, 2.45) is 5.92 Å². The Bertz CT molecular complexity index is 600. The van der Waals surface area contributed by atoms with Gasteiger partial charge < -0.3 is 10.0 Å². The SMILES string of the molecule is CC(C(=O)O)N(C)C(=O)C1CC1c1cccc(C(F)(F)F)c1. The molecule has 0 radical (unpaired) electrons. The van der Waals surface area contributed by atoms with Crippen LogP contribution in [0, 0.1) is 5.92 Å². The Kier molecular flexibility index (Phi) is 4.17. The highest BCUT2D eigenvalue weighted by Gasteiger charge is 2.46. The molecule has 1 aliphatic rings. The van der Waals surface area contributed by atoms with Crippen LogP contribution in [-0.4, -0.2) is 35.0 Å². The van der Waals surface area contributed by atoms with Gasteiger partial charge in [-0.25, -0.2) is 4.79 Å². The molecule has 3 unspecified atom stereocenters. The number of likely N-dealkylation sites (N-methyl/N-ethyl adjacent to an activating group) is 1. The lowest BCUT2D eigenvalue weighted by Crippen LogP contribution is -2.41. The standard InChI is InChI=1S/C15H16F3NO3/c1-8(14(21)22)19(2)13(20)12-7-11(12)9-4-3-5-10(6-9)15(16,17)18/h3-6,8,11-12H,7H2,1-2H3,(H,21,22). The molecule has 0 spiro atoms. The molecule has 7 heteroatoms. The summed E-state index contributed by atoms with van der Waals surface area (Å²) >= 11 is 0. The molecule has 0 aromatic heterocycles. The van der Waals surface area contributed by atoms with E-state index in [0.717, 1.165) is 17.0 Å². The van der Waals surface area contributed by atoms with Crippen LogP contribution in [0.25, 0.3) is 0 Å². The van der Waals surface area contributed by atoms with Crippen molar-refractivity contribution in [2.75, 3.05) is 7.05 Å². The summed E-state index contributed by atoms with van der Waals surface area (Å²) in [5.74, 6) is -2.20. The second-order valence-corrected chi connectivity index (χ2v) is 5.54. The zero-order chi connectivity index (χ0) is 16.7. The van der Waals surface area contributed by atoms with Crippen LogP contribution in [0.4, 0.5) is 13.2 Å². The maximum Gasteiger partial charge on any atom is 0.416 e. The van der Waals surface area contributed by atoms with E-state index in [4.69, 9.17) is 5.11 Å². The summed E-state index contributed by atoms with van der Waals surface area (Å²) < 4.78 is 38.1. The van der Waals surface area contributed by atoms with Gasteiger partial charge in [-0.05, 0) is 30.9 Å². The summed E-state index contributed by atoms with van der Waals surface area (Å²) in [5, 5.41) is 8.89. The number of carboxylic acids is 1. The summed E-state index contributed by atoms with van der Waals surface area (Å²) in [6, 6.07) is 3.96. The molecule has 120 valence electrons. The highest BCUT2D eigenvalue weighted by atomic mass is 19.4. The van der Waals surface area contributed by atoms with Crippen LogP contribution in [0.5, 0.6) is 0 Å². The molecule has 1 aromatic rings. The minimum Gasteiger partial charge on any atom is -0.480 e. The van der Waals surface area contributed by atoms with Gasteiger partial charge in [0.2, 0.25) is 5.91 Å². The Labute approximate surface area is 125 Å². The Hall–Kier alpha value is -2.05. The largest absolute Gasteiger partial charge is 0.480 e. The number of hydrogen-bond acceptors (Lipinski definition) is 2. The number of aliphatic carboxylic acids is 1. The first-order chi connectivity index (χ1) is 10.1. The molecule has 1 aromatic carbocycles. The quantitative estimate of drug-likeness (QED) is 0.929. The van der Waals surface area contributed by atoms with Crippen molar-refractivity contribution >= 4 is 11.9 Å². The van der Waals surface area contributed by atoms with Gasteiger partial charge in [0.1, 0.15) is 6.04 Å². The van der Waals surface area contributed by atoms with Crippen molar-refractivity contribution in [3.05, 3.63) is 35.4 Å². The number of benzene rings is 1. The number of carboxylic acid groups (broad SMARTS) is 1. The number of nitrogens with zero attached hydrogens (tertiary/aromatic N) is 1. The lowest BCUT2D eigenvalue weighted by Gasteiger charge is -2.21. The van der Waals surface area contributed by atoms with Crippen LogP contribution >= 0.6 is 0 Å². The molecular weight excluding hydrogens is 299 g/mol. The Balaban J connectivity index is 2.09. The monoisotopic (exact) mass is 315 g/mol.